The Morgan fingerprint density at radius 1 is 1.22 bits per heavy atom. The van der Waals surface area contributed by atoms with Gasteiger partial charge >= 0.3 is 6.03 Å². The monoisotopic (exact) mass is 369 g/mol. The maximum atomic E-state index is 12.5. The molecular formula is C20H23N3O4. The van der Waals surface area contributed by atoms with Crippen LogP contribution < -0.4 is 10.5 Å². The second-order valence-electron chi connectivity index (χ2n) is 6.44. The normalized spacial score (nSPS) is 12.8. The molecule has 7 heteroatoms. The van der Waals surface area contributed by atoms with Crippen molar-refractivity contribution >= 4 is 11.9 Å². The molecule has 2 aromatic carbocycles. The molecule has 0 bridgehead atoms. The Hall–Kier alpha value is -3.06. The molecule has 0 atom stereocenters. The summed E-state index contributed by atoms with van der Waals surface area (Å²) < 4.78 is 5.52. The quantitative estimate of drug-likeness (QED) is 0.552. The zero-order chi connectivity index (χ0) is 19.2. The van der Waals surface area contributed by atoms with Crippen LogP contribution in [0.25, 0.3) is 0 Å². The molecule has 7 nitrogen and oxygen atoms in total. The Kier molecular flexibility index (Phi) is 5.93. The number of fused-ring (bicyclic) bond motifs is 1. The van der Waals surface area contributed by atoms with E-state index in [0.29, 0.717) is 29.5 Å². The van der Waals surface area contributed by atoms with E-state index in [1.165, 1.54) is 5.56 Å². The third kappa shape index (κ3) is 4.77. The maximum absolute atomic E-state index is 12.5. The molecule has 0 fully saturated rings. The molecular weight excluding hydrogens is 346 g/mol. The van der Waals surface area contributed by atoms with Gasteiger partial charge in [-0.3, -0.25) is 10.0 Å². The number of benzene rings is 2. The average molecular weight is 369 g/mol. The molecule has 0 saturated heterocycles. The number of hydrogen-bond donors (Lipinski definition) is 2. The van der Waals surface area contributed by atoms with E-state index < -0.39 is 6.03 Å². The highest BCUT2D eigenvalue weighted by molar-refractivity contribution is 5.98. The van der Waals surface area contributed by atoms with Gasteiger partial charge in [-0.05, 0) is 42.2 Å². The lowest BCUT2D eigenvalue weighted by molar-refractivity contribution is -0.0464. The molecule has 142 valence electrons. The molecule has 2 aromatic rings. The van der Waals surface area contributed by atoms with Crippen molar-refractivity contribution in [3.05, 3.63) is 65.2 Å². The van der Waals surface area contributed by atoms with E-state index in [-0.39, 0.29) is 19.1 Å². The number of hydroxylamine groups is 2. The Labute approximate surface area is 157 Å². The molecule has 0 aliphatic carbocycles. The van der Waals surface area contributed by atoms with Crippen LogP contribution in [0.3, 0.4) is 0 Å². The maximum Gasteiger partial charge on any atom is 0.338 e. The van der Waals surface area contributed by atoms with Crippen LogP contribution in [0, 0.1) is 0 Å². The van der Waals surface area contributed by atoms with Gasteiger partial charge in [0.25, 0.3) is 5.91 Å². The summed E-state index contributed by atoms with van der Waals surface area (Å²) in [5, 5.41) is 9.62. The number of ether oxygens (including phenoxy) is 1. The number of amides is 3. The number of primary amides is 1. The summed E-state index contributed by atoms with van der Waals surface area (Å²) in [5.74, 6) is 0.630. The van der Waals surface area contributed by atoms with Crippen LogP contribution in [0.5, 0.6) is 5.75 Å². The molecule has 3 rings (SSSR count). The molecule has 1 heterocycles. The van der Waals surface area contributed by atoms with E-state index in [2.05, 4.69) is 12.1 Å². The zero-order valence-corrected chi connectivity index (χ0v) is 15.0. The van der Waals surface area contributed by atoms with Crippen LogP contribution in [0.2, 0.25) is 0 Å². The minimum absolute atomic E-state index is 0.0308. The van der Waals surface area contributed by atoms with Crippen LogP contribution in [-0.2, 0) is 13.0 Å². The van der Waals surface area contributed by atoms with Crippen molar-refractivity contribution in [3.8, 4) is 5.75 Å². The lowest BCUT2D eigenvalue weighted by Gasteiger charge is -2.15. The van der Waals surface area contributed by atoms with E-state index in [4.69, 9.17) is 10.5 Å². The van der Waals surface area contributed by atoms with Gasteiger partial charge in [0.2, 0.25) is 0 Å². The number of hydrogen-bond acceptors (Lipinski definition) is 4. The predicted molar refractivity (Wildman–Crippen MR) is 99.5 cm³/mol. The third-order valence-electron chi connectivity index (χ3n) is 4.52. The summed E-state index contributed by atoms with van der Waals surface area (Å²) in [6.45, 7) is 1.34. The second-order valence-corrected chi connectivity index (χ2v) is 6.44. The van der Waals surface area contributed by atoms with Gasteiger partial charge in [-0.1, -0.05) is 30.3 Å². The number of nitrogens with two attached hydrogens (primary N) is 1. The highest BCUT2D eigenvalue weighted by Crippen LogP contribution is 2.27. The minimum atomic E-state index is -0.927. The number of aryl methyl sites for hydroxylation is 1. The van der Waals surface area contributed by atoms with E-state index >= 15 is 0 Å². The predicted octanol–water partition coefficient (Wildman–Crippen LogP) is 2.42. The molecule has 1 aliphatic heterocycles. The van der Waals surface area contributed by atoms with Gasteiger partial charge in [0.05, 0.1) is 6.54 Å². The first kappa shape index (κ1) is 18.7. The van der Waals surface area contributed by atoms with Crippen molar-refractivity contribution in [2.75, 3.05) is 19.7 Å². The Balaban J connectivity index is 1.51. The average Bonchev–Trinajstić information content (AvgIpc) is 2.98. The van der Waals surface area contributed by atoms with Gasteiger partial charge < -0.3 is 15.4 Å². The Bertz CT molecular complexity index is 810. The van der Waals surface area contributed by atoms with Crippen molar-refractivity contribution in [3.63, 3.8) is 0 Å². The summed E-state index contributed by atoms with van der Waals surface area (Å²) in [4.78, 5) is 25.1. The summed E-state index contributed by atoms with van der Waals surface area (Å²) in [7, 11) is 0. The summed E-state index contributed by atoms with van der Waals surface area (Å²) in [6.07, 6.45) is 1.85. The zero-order valence-electron chi connectivity index (χ0n) is 15.0. The molecule has 27 heavy (non-hydrogen) atoms. The molecule has 0 spiro atoms. The van der Waals surface area contributed by atoms with Crippen LogP contribution >= 0.6 is 0 Å². The summed E-state index contributed by atoms with van der Waals surface area (Å²) >= 11 is 0. The number of urea groups is 1. The molecule has 0 aromatic heterocycles. The fourth-order valence-electron chi connectivity index (χ4n) is 3.11. The first-order chi connectivity index (χ1) is 13.0. The molecule has 0 unspecified atom stereocenters. The van der Waals surface area contributed by atoms with Crippen LogP contribution in [0.1, 0.15) is 27.9 Å². The fourth-order valence-corrected chi connectivity index (χ4v) is 3.11. The van der Waals surface area contributed by atoms with Gasteiger partial charge in [0.15, 0.2) is 0 Å². The first-order valence-electron chi connectivity index (χ1n) is 8.89. The Morgan fingerprint density at radius 3 is 2.74 bits per heavy atom. The van der Waals surface area contributed by atoms with E-state index in [1.807, 2.05) is 29.2 Å². The first-order valence-corrected chi connectivity index (χ1v) is 8.89. The Morgan fingerprint density at radius 2 is 2.00 bits per heavy atom. The largest absolute Gasteiger partial charge is 0.492 e. The summed E-state index contributed by atoms with van der Waals surface area (Å²) in [6, 6.07) is 14.6. The number of carbonyl (C=O) groups excluding carboxylic acids is 2. The highest BCUT2D eigenvalue weighted by Gasteiger charge is 2.27. The topological polar surface area (TPSA) is 96.1 Å². The lowest BCUT2D eigenvalue weighted by Crippen LogP contribution is -2.35. The summed E-state index contributed by atoms with van der Waals surface area (Å²) in [5.41, 5.74) is 7.83. The van der Waals surface area contributed by atoms with Crippen molar-refractivity contribution in [2.45, 2.75) is 19.4 Å². The fraction of sp³-hybridized carbons (Fsp3) is 0.300. The second kappa shape index (κ2) is 8.55. The lowest BCUT2D eigenvalue weighted by atomic mass is 10.1. The van der Waals surface area contributed by atoms with Crippen LogP contribution in [-0.4, -0.2) is 46.8 Å². The van der Waals surface area contributed by atoms with Gasteiger partial charge in [-0.25, -0.2) is 9.86 Å². The van der Waals surface area contributed by atoms with Crippen molar-refractivity contribution in [2.24, 2.45) is 5.73 Å². The molecule has 0 radical (unpaired) electrons. The smallest absolute Gasteiger partial charge is 0.338 e. The number of rotatable bonds is 8. The molecule has 3 N–H and O–H groups in total. The van der Waals surface area contributed by atoms with Crippen LogP contribution in [0.15, 0.2) is 48.5 Å². The molecule has 0 saturated carbocycles. The minimum Gasteiger partial charge on any atom is -0.492 e. The SMILES string of the molecule is NC(=O)N(O)CCOc1ccc2c(c1)CN(CCCc1ccccc1)C2=O. The molecule has 3 amide bonds. The number of nitrogens with zero attached hydrogens (tertiary/aromatic N) is 2. The van der Waals surface area contributed by atoms with Gasteiger partial charge in [-0.2, -0.15) is 0 Å². The third-order valence-corrected chi connectivity index (χ3v) is 4.52. The standard InChI is InChI=1S/C20H23N3O4/c21-20(25)23(26)11-12-27-17-8-9-18-16(13-17)14-22(19(18)24)10-4-7-15-5-2-1-3-6-15/h1-3,5-6,8-9,13,26H,4,7,10-12,14H2,(H2,21,25). The van der Waals surface area contributed by atoms with Crippen molar-refractivity contribution < 1.29 is 19.5 Å². The van der Waals surface area contributed by atoms with Crippen molar-refractivity contribution in [1.82, 2.24) is 9.96 Å². The van der Waals surface area contributed by atoms with Gasteiger partial charge in [0, 0.05) is 18.7 Å². The highest BCUT2D eigenvalue weighted by atomic mass is 16.5. The van der Waals surface area contributed by atoms with Crippen LogP contribution in [0.4, 0.5) is 4.79 Å². The van der Waals surface area contributed by atoms with Gasteiger partial charge in [-0.15, -0.1) is 0 Å². The van der Waals surface area contributed by atoms with E-state index in [0.717, 1.165) is 18.4 Å². The number of carbonyl (C=O) groups is 2. The van der Waals surface area contributed by atoms with E-state index in [9.17, 15) is 14.8 Å². The van der Waals surface area contributed by atoms with E-state index in [1.54, 1.807) is 12.1 Å². The van der Waals surface area contributed by atoms with Crippen molar-refractivity contribution in [1.29, 1.82) is 0 Å². The molecule has 1 aliphatic rings. The van der Waals surface area contributed by atoms with Gasteiger partial charge in [0.1, 0.15) is 12.4 Å².